The van der Waals surface area contributed by atoms with E-state index >= 15 is 0 Å². The second-order valence-electron chi connectivity index (χ2n) is 7.42. The molecule has 1 fully saturated rings. The Kier molecular flexibility index (Phi) is 8.02. The third-order valence-electron chi connectivity index (χ3n) is 4.73. The molecule has 0 atom stereocenters. The van der Waals surface area contributed by atoms with E-state index in [1.54, 1.807) is 36.4 Å². The van der Waals surface area contributed by atoms with Gasteiger partial charge < -0.3 is 24.4 Å². The predicted molar refractivity (Wildman–Crippen MR) is 127 cm³/mol. The number of methoxy groups -OCH3 is 1. The molecular formula is C23H27N3O5S. The molecule has 1 amide bonds. The second-order valence-corrected chi connectivity index (χ2v) is 7.83. The first kappa shape index (κ1) is 23.5. The number of ether oxygens (including phenoxy) is 3. The highest BCUT2D eigenvalue weighted by Crippen LogP contribution is 2.28. The highest BCUT2D eigenvalue weighted by atomic mass is 32.1. The summed E-state index contributed by atoms with van der Waals surface area (Å²) in [7, 11) is 1.33. The number of hydrogen-bond acceptors (Lipinski definition) is 7. The van der Waals surface area contributed by atoms with Gasteiger partial charge in [-0.3, -0.25) is 10.1 Å². The molecule has 0 aromatic heterocycles. The molecule has 1 aliphatic heterocycles. The van der Waals surface area contributed by atoms with E-state index in [0.29, 0.717) is 48.9 Å². The van der Waals surface area contributed by atoms with Crippen LogP contribution in [0.2, 0.25) is 0 Å². The summed E-state index contributed by atoms with van der Waals surface area (Å²) in [6, 6.07) is 12.0. The number of carbonyl (C=O) groups excluding carboxylic acids is 2. The molecule has 0 aliphatic carbocycles. The summed E-state index contributed by atoms with van der Waals surface area (Å²) >= 11 is 5.37. The van der Waals surface area contributed by atoms with Crippen molar-refractivity contribution in [2.45, 2.75) is 20.0 Å². The Bertz CT molecular complexity index is 972. The molecule has 170 valence electrons. The van der Waals surface area contributed by atoms with Crippen LogP contribution in [-0.2, 0) is 9.47 Å². The van der Waals surface area contributed by atoms with Crippen molar-refractivity contribution in [2.75, 3.05) is 43.6 Å². The van der Waals surface area contributed by atoms with Crippen molar-refractivity contribution in [3.63, 3.8) is 0 Å². The van der Waals surface area contributed by atoms with Crippen LogP contribution in [0.5, 0.6) is 5.75 Å². The number of morpholine rings is 1. The molecule has 0 bridgehead atoms. The van der Waals surface area contributed by atoms with Gasteiger partial charge in [0.15, 0.2) is 5.11 Å². The van der Waals surface area contributed by atoms with Crippen LogP contribution in [0.15, 0.2) is 42.5 Å². The molecule has 32 heavy (non-hydrogen) atoms. The Morgan fingerprint density at radius 3 is 2.34 bits per heavy atom. The number of nitrogens with zero attached hydrogens (tertiary/aromatic N) is 1. The Labute approximate surface area is 192 Å². The smallest absolute Gasteiger partial charge is 0.337 e. The molecule has 0 saturated carbocycles. The van der Waals surface area contributed by atoms with E-state index in [1.807, 2.05) is 19.9 Å². The van der Waals surface area contributed by atoms with E-state index in [1.165, 1.54) is 7.11 Å². The van der Waals surface area contributed by atoms with Crippen molar-refractivity contribution >= 4 is 40.6 Å². The van der Waals surface area contributed by atoms with Gasteiger partial charge in [0.05, 0.1) is 43.4 Å². The topological polar surface area (TPSA) is 89.1 Å². The van der Waals surface area contributed by atoms with E-state index < -0.39 is 5.97 Å². The number of amides is 1. The Morgan fingerprint density at radius 2 is 1.72 bits per heavy atom. The van der Waals surface area contributed by atoms with Crippen molar-refractivity contribution in [2.24, 2.45) is 0 Å². The largest absolute Gasteiger partial charge is 0.491 e. The van der Waals surface area contributed by atoms with Crippen molar-refractivity contribution in [1.82, 2.24) is 5.32 Å². The summed E-state index contributed by atoms with van der Waals surface area (Å²) in [6.07, 6.45) is 0.0490. The van der Waals surface area contributed by atoms with Crippen LogP contribution in [0.25, 0.3) is 0 Å². The minimum atomic E-state index is -0.458. The predicted octanol–water partition coefficient (Wildman–Crippen LogP) is 3.22. The minimum absolute atomic E-state index is 0.0490. The number of nitrogens with one attached hydrogen (secondary N) is 2. The van der Waals surface area contributed by atoms with Gasteiger partial charge in [0.2, 0.25) is 0 Å². The molecule has 3 rings (SSSR count). The fourth-order valence-electron chi connectivity index (χ4n) is 3.25. The lowest BCUT2D eigenvalue weighted by atomic mass is 10.1. The summed E-state index contributed by atoms with van der Waals surface area (Å²) in [5.74, 6) is -0.122. The highest BCUT2D eigenvalue weighted by Gasteiger charge is 2.18. The molecule has 2 aromatic carbocycles. The Hall–Kier alpha value is -3.17. The summed E-state index contributed by atoms with van der Waals surface area (Å²) in [5.41, 5.74) is 2.28. The normalized spacial score (nSPS) is 13.4. The monoisotopic (exact) mass is 457 g/mol. The second kappa shape index (κ2) is 10.9. The van der Waals surface area contributed by atoms with Crippen molar-refractivity contribution in [3.05, 3.63) is 53.6 Å². The van der Waals surface area contributed by atoms with Gasteiger partial charge in [-0.25, -0.2) is 4.79 Å². The molecule has 1 saturated heterocycles. The van der Waals surface area contributed by atoms with E-state index in [4.69, 9.17) is 26.4 Å². The van der Waals surface area contributed by atoms with E-state index in [9.17, 15) is 9.59 Å². The summed E-state index contributed by atoms with van der Waals surface area (Å²) in [4.78, 5) is 26.7. The molecule has 8 nitrogen and oxygen atoms in total. The minimum Gasteiger partial charge on any atom is -0.491 e. The van der Waals surface area contributed by atoms with Crippen LogP contribution < -0.4 is 20.3 Å². The molecule has 0 spiro atoms. The fourth-order valence-corrected chi connectivity index (χ4v) is 3.45. The quantitative estimate of drug-likeness (QED) is 0.505. The van der Waals surface area contributed by atoms with Crippen LogP contribution in [0, 0.1) is 0 Å². The standard InChI is InChI=1S/C23H27N3O5S/c1-15(2)31-18-7-4-16(5-8-18)21(27)25-23(32)24-19-14-17(22(28)29-3)6-9-20(19)26-10-12-30-13-11-26/h4-9,14-15H,10-13H2,1-3H3,(H2,24,25,27,32). The number of carbonyl (C=O) groups is 2. The average Bonchev–Trinajstić information content (AvgIpc) is 2.79. The zero-order chi connectivity index (χ0) is 23.1. The van der Waals surface area contributed by atoms with Crippen LogP contribution in [0.3, 0.4) is 0 Å². The van der Waals surface area contributed by atoms with Crippen molar-refractivity contribution in [3.8, 4) is 5.75 Å². The number of thiocarbonyl (C=S) groups is 1. The maximum atomic E-state index is 12.6. The number of hydrogen-bond donors (Lipinski definition) is 2. The van der Waals surface area contributed by atoms with Crippen molar-refractivity contribution in [1.29, 1.82) is 0 Å². The number of rotatable bonds is 6. The molecule has 9 heteroatoms. The van der Waals surface area contributed by atoms with Gasteiger partial charge in [-0.1, -0.05) is 0 Å². The number of benzene rings is 2. The van der Waals surface area contributed by atoms with Gasteiger partial charge in [0.1, 0.15) is 5.75 Å². The molecule has 0 radical (unpaired) electrons. The summed E-state index contributed by atoms with van der Waals surface area (Å²) < 4.78 is 15.8. The van der Waals surface area contributed by atoms with Crippen molar-refractivity contribution < 1.29 is 23.8 Å². The molecule has 0 unspecified atom stereocenters. The van der Waals surface area contributed by atoms with E-state index in [2.05, 4.69) is 15.5 Å². The first-order valence-corrected chi connectivity index (χ1v) is 10.7. The van der Waals surface area contributed by atoms with Crippen LogP contribution in [0.1, 0.15) is 34.6 Å². The molecular weight excluding hydrogens is 430 g/mol. The van der Waals surface area contributed by atoms with Gasteiger partial charge in [0.25, 0.3) is 5.91 Å². The SMILES string of the molecule is COC(=O)c1ccc(N2CCOCC2)c(NC(=S)NC(=O)c2ccc(OC(C)C)cc2)c1. The maximum Gasteiger partial charge on any atom is 0.337 e. The first-order valence-electron chi connectivity index (χ1n) is 10.3. The van der Waals surface area contributed by atoms with Gasteiger partial charge in [0, 0.05) is 18.7 Å². The lowest BCUT2D eigenvalue weighted by Crippen LogP contribution is -2.38. The van der Waals surface area contributed by atoms with Gasteiger partial charge in [-0.15, -0.1) is 0 Å². The molecule has 2 aromatic rings. The Morgan fingerprint density at radius 1 is 1.06 bits per heavy atom. The average molecular weight is 458 g/mol. The lowest BCUT2D eigenvalue weighted by Gasteiger charge is -2.31. The molecule has 2 N–H and O–H groups in total. The highest BCUT2D eigenvalue weighted by molar-refractivity contribution is 7.80. The zero-order valence-corrected chi connectivity index (χ0v) is 19.2. The van der Waals surface area contributed by atoms with Crippen LogP contribution in [0.4, 0.5) is 11.4 Å². The summed E-state index contributed by atoms with van der Waals surface area (Å²) in [6.45, 7) is 6.49. The fraction of sp³-hybridized carbons (Fsp3) is 0.348. The number of anilines is 2. The zero-order valence-electron chi connectivity index (χ0n) is 18.3. The van der Waals surface area contributed by atoms with Crippen LogP contribution in [-0.4, -0.2) is 56.5 Å². The summed E-state index contributed by atoms with van der Waals surface area (Å²) in [5, 5.41) is 5.85. The third kappa shape index (κ3) is 6.18. The maximum absolute atomic E-state index is 12.6. The first-order chi connectivity index (χ1) is 15.4. The van der Waals surface area contributed by atoms with E-state index in [-0.39, 0.29) is 17.1 Å². The number of esters is 1. The van der Waals surface area contributed by atoms with E-state index in [0.717, 1.165) is 5.69 Å². The van der Waals surface area contributed by atoms with Gasteiger partial charge in [-0.2, -0.15) is 0 Å². The Balaban J connectivity index is 1.73. The van der Waals surface area contributed by atoms with Gasteiger partial charge >= 0.3 is 5.97 Å². The lowest BCUT2D eigenvalue weighted by molar-refractivity contribution is 0.0600. The molecule has 1 heterocycles. The van der Waals surface area contributed by atoms with Gasteiger partial charge in [-0.05, 0) is 68.5 Å². The third-order valence-corrected chi connectivity index (χ3v) is 4.94. The molecule has 1 aliphatic rings. The van der Waals surface area contributed by atoms with Crippen LogP contribution >= 0.6 is 12.2 Å².